The summed E-state index contributed by atoms with van der Waals surface area (Å²) in [5.74, 6) is 1.32. The smallest absolute Gasteiger partial charge is 0.224 e. The van der Waals surface area contributed by atoms with E-state index in [2.05, 4.69) is 15.3 Å². The fourth-order valence-corrected chi connectivity index (χ4v) is 3.99. The van der Waals surface area contributed by atoms with E-state index in [4.69, 9.17) is 9.47 Å². The molecule has 1 fully saturated rings. The Labute approximate surface area is 118 Å². The van der Waals surface area contributed by atoms with Crippen molar-refractivity contribution in [2.75, 3.05) is 25.7 Å². The quantitative estimate of drug-likeness (QED) is 0.828. The van der Waals surface area contributed by atoms with Gasteiger partial charge in [-0.05, 0) is 12.8 Å². The van der Waals surface area contributed by atoms with Gasteiger partial charge in [0.25, 0.3) is 0 Å². The molecule has 0 saturated carbocycles. The molecule has 2 heterocycles. The minimum absolute atomic E-state index is 0.0524. The first-order valence-corrected chi connectivity index (χ1v) is 8.23. The fourth-order valence-electron chi connectivity index (χ4n) is 2.31. The Kier molecular flexibility index (Phi) is 4.77. The maximum absolute atomic E-state index is 11.6. The highest BCUT2D eigenvalue weighted by atomic mass is 32.2. The van der Waals surface area contributed by atoms with Crippen LogP contribution in [0.2, 0.25) is 0 Å². The summed E-state index contributed by atoms with van der Waals surface area (Å²) < 4.78 is 33.6. The van der Waals surface area contributed by atoms with Crippen LogP contribution in [0.15, 0.2) is 6.33 Å². The fraction of sp³-hybridized carbons (Fsp3) is 0.667. The first-order chi connectivity index (χ1) is 9.55. The molecule has 0 aliphatic carbocycles. The average molecular weight is 301 g/mol. The Bertz CT molecular complexity index is 540. The average Bonchev–Trinajstić information content (AvgIpc) is 2.43. The van der Waals surface area contributed by atoms with E-state index in [0.29, 0.717) is 30.3 Å². The number of nitrogens with zero attached hydrogens (tertiary/aromatic N) is 2. The van der Waals surface area contributed by atoms with Crippen LogP contribution in [0.1, 0.15) is 18.4 Å². The number of hydrogen-bond donors (Lipinski definition) is 1. The van der Waals surface area contributed by atoms with Crippen LogP contribution < -0.4 is 14.8 Å². The summed E-state index contributed by atoms with van der Waals surface area (Å²) in [6.45, 7) is 0.410. The largest absolute Gasteiger partial charge is 0.481 e. The normalized spacial score (nSPS) is 21.4. The lowest BCUT2D eigenvalue weighted by Gasteiger charge is -2.23. The Morgan fingerprint density at radius 3 is 2.50 bits per heavy atom. The van der Waals surface area contributed by atoms with Gasteiger partial charge in [-0.15, -0.1) is 0 Å². The summed E-state index contributed by atoms with van der Waals surface area (Å²) in [6.07, 6.45) is 2.91. The zero-order valence-electron chi connectivity index (χ0n) is 11.6. The van der Waals surface area contributed by atoms with E-state index in [9.17, 15) is 8.42 Å². The van der Waals surface area contributed by atoms with Crippen molar-refractivity contribution in [3.63, 3.8) is 0 Å². The lowest BCUT2D eigenvalue weighted by Crippen LogP contribution is -2.39. The Balaban J connectivity index is 2.07. The number of aromatic nitrogens is 2. The van der Waals surface area contributed by atoms with Crippen molar-refractivity contribution in [3.8, 4) is 11.8 Å². The molecule has 8 heteroatoms. The highest BCUT2D eigenvalue weighted by molar-refractivity contribution is 7.91. The van der Waals surface area contributed by atoms with Gasteiger partial charge >= 0.3 is 0 Å². The van der Waals surface area contributed by atoms with Gasteiger partial charge in [0, 0.05) is 12.6 Å². The number of methoxy groups -OCH3 is 2. The van der Waals surface area contributed by atoms with Crippen LogP contribution in [0, 0.1) is 0 Å². The van der Waals surface area contributed by atoms with E-state index in [1.807, 2.05) is 0 Å². The van der Waals surface area contributed by atoms with E-state index >= 15 is 0 Å². The molecule has 0 spiro atoms. The predicted octanol–water partition coefficient (Wildman–Crippen LogP) is 0.161. The second kappa shape index (κ2) is 6.36. The summed E-state index contributed by atoms with van der Waals surface area (Å²) in [5.41, 5.74) is 0.695. The Hall–Kier alpha value is -1.41. The molecule has 0 bridgehead atoms. The molecule has 2 rings (SSSR count). The topological polar surface area (TPSA) is 90.4 Å². The molecule has 0 aromatic carbocycles. The van der Waals surface area contributed by atoms with Gasteiger partial charge in [-0.2, -0.15) is 0 Å². The first kappa shape index (κ1) is 15.0. The van der Waals surface area contributed by atoms with E-state index in [-0.39, 0.29) is 17.5 Å². The van der Waals surface area contributed by atoms with Gasteiger partial charge in [0.05, 0.1) is 31.3 Å². The molecule has 1 atom stereocenters. The lowest BCUT2D eigenvalue weighted by atomic mass is 10.2. The molecule has 1 N–H and O–H groups in total. The molecule has 1 unspecified atom stereocenters. The Morgan fingerprint density at radius 2 is 1.95 bits per heavy atom. The zero-order valence-corrected chi connectivity index (χ0v) is 12.4. The summed E-state index contributed by atoms with van der Waals surface area (Å²) in [4.78, 5) is 8.05. The molecule has 0 radical (unpaired) electrons. The molecule has 1 aliphatic heterocycles. The third-order valence-electron chi connectivity index (χ3n) is 3.28. The number of ether oxygens (including phenoxy) is 2. The van der Waals surface area contributed by atoms with Crippen molar-refractivity contribution in [2.24, 2.45) is 0 Å². The van der Waals surface area contributed by atoms with Crippen molar-refractivity contribution in [1.29, 1.82) is 0 Å². The van der Waals surface area contributed by atoms with Crippen molar-refractivity contribution in [1.82, 2.24) is 15.3 Å². The molecule has 1 aromatic rings. The highest BCUT2D eigenvalue weighted by Crippen LogP contribution is 2.23. The van der Waals surface area contributed by atoms with Gasteiger partial charge in [-0.1, -0.05) is 0 Å². The van der Waals surface area contributed by atoms with Crippen LogP contribution in [0.5, 0.6) is 11.8 Å². The molecule has 1 aliphatic rings. The Morgan fingerprint density at radius 1 is 1.30 bits per heavy atom. The maximum atomic E-state index is 11.6. The van der Waals surface area contributed by atoms with Gasteiger partial charge in [0.15, 0.2) is 9.84 Å². The third kappa shape index (κ3) is 3.57. The number of nitrogens with one attached hydrogen (secondary N) is 1. The second-order valence-corrected chi connectivity index (χ2v) is 6.93. The van der Waals surface area contributed by atoms with Crippen LogP contribution in [-0.4, -0.2) is 50.2 Å². The summed E-state index contributed by atoms with van der Waals surface area (Å²) in [7, 11) is 0.124. The molecule has 20 heavy (non-hydrogen) atoms. The third-order valence-corrected chi connectivity index (χ3v) is 5.10. The molecule has 0 amide bonds. The second-order valence-electron chi connectivity index (χ2n) is 4.71. The predicted molar refractivity (Wildman–Crippen MR) is 73.7 cm³/mol. The van der Waals surface area contributed by atoms with Crippen LogP contribution >= 0.6 is 0 Å². The first-order valence-electron chi connectivity index (χ1n) is 6.41. The van der Waals surface area contributed by atoms with Crippen molar-refractivity contribution in [2.45, 2.75) is 25.4 Å². The monoisotopic (exact) mass is 301 g/mol. The van der Waals surface area contributed by atoms with Gasteiger partial charge in [-0.25, -0.2) is 18.4 Å². The molecule has 112 valence electrons. The molecule has 1 saturated heterocycles. The lowest BCUT2D eigenvalue weighted by molar-refractivity contribution is 0.356. The maximum Gasteiger partial charge on any atom is 0.224 e. The van der Waals surface area contributed by atoms with Crippen LogP contribution in [0.3, 0.4) is 0 Å². The standard InChI is InChI=1S/C12H19N3O4S/c1-18-11-10(12(19-2)15-8-14-11)6-13-9-4-3-5-20(16,17)7-9/h8-9,13H,3-7H2,1-2H3. The number of hydrogen-bond acceptors (Lipinski definition) is 7. The highest BCUT2D eigenvalue weighted by Gasteiger charge is 2.25. The SMILES string of the molecule is COc1ncnc(OC)c1CNC1CCCS(=O)(=O)C1. The number of rotatable bonds is 5. The minimum Gasteiger partial charge on any atom is -0.481 e. The van der Waals surface area contributed by atoms with Crippen molar-refractivity contribution < 1.29 is 17.9 Å². The summed E-state index contributed by atoms with van der Waals surface area (Å²) in [6, 6.07) is -0.0524. The van der Waals surface area contributed by atoms with Crippen LogP contribution in [0.25, 0.3) is 0 Å². The molecule has 7 nitrogen and oxygen atoms in total. The minimum atomic E-state index is -2.92. The van der Waals surface area contributed by atoms with Gasteiger partial charge in [0.1, 0.15) is 6.33 Å². The molecular formula is C12H19N3O4S. The van der Waals surface area contributed by atoms with E-state index in [0.717, 1.165) is 6.42 Å². The summed E-state index contributed by atoms with van der Waals surface area (Å²) >= 11 is 0. The van der Waals surface area contributed by atoms with Crippen LogP contribution in [-0.2, 0) is 16.4 Å². The van der Waals surface area contributed by atoms with E-state index in [1.165, 1.54) is 20.5 Å². The zero-order chi connectivity index (χ0) is 14.6. The van der Waals surface area contributed by atoms with Gasteiger partial charge < -0.3 is 14.8 Å². The molecule has 1 aromatic heterocycles. The van der Waals surface area contributed by atoms with Gasteiger partial charge in [0.2, 0.25) is 11.8 Å². The summed E-state index contributed by atoms with van der Waals surface area (Å²) in [5, 5.41) is 3.22. The van der Waals surface area contributed by atoms with Crippen molar-refractivity contribution >= 4 is 9.84 Å². The molecular weight excluding hydrogens is 282 g/mol. The number of sulfone groups is 1. The van der Waals surface area contributed by atoms with E-state index < -0.39 is 9.84 Å². The van der Waals surface area contributed by atoms with Gasteiger partial charge in [-0.3, -0.25) is 0 Å². The van der Waals surface area contributed by atoms with Crippen LogP contribution in [0.4, 0.5) is 0 Å². The van der Waals surface area contributed by atoms with E-state index in [1.54, 1.807) is 0 Å². The van der Waals surface area contributed by atoms with Crippen molar-refractivity contribution in [3.05, 3.63) is 11.9 Å².